The summed E-state index contributed by atoms with van der Waals surface area (Å²) < 4.78 is 0. The molecular formula is C12H23N3S. The minimum absolute atomic E-state index is 0.717. The van der Waals surface area contributed by atoms with E-state index in [0.29, 0.717) is 6.04 Å². The molecule has 2 heterocycles. The summed E-state index contributed by atoms with van der Waals surface area (Å²) in [7, 11) is 2.27. The fourth-order valence-electron chi connectivity index (χ4n) is 2.84. The number of rotatable bonds is 2. The molecule has 2 fully saturated rings. The Morgan fingerprint density at radius 3 is 2.81 bits per heavy atom. The third-order valence-electron chi connectivity index (χ3n) is 3.96. The predicted molar refractivity (Wildman–Crippen MR) is 71.7 cm³/mol. The molecule has 2 bridgehead atoms. The molecule has 92 valence electrons. The third-order valence-corrected chi connectivity index (χ3v) is 4.36. The topological polar surface area (TPSA) is 18.5 Å². The maximum Gasteiger partial charge on any atom is 0.168 e. The zero-order valence-electron chi connectivity index (χ0n) is 10.4. The molecule has 0 saturated carbocycles. The number of likely N-dealkylation sites (N-methyl/N-ethyl adjacent to an activating group) is 1. The third kappa shape index (κ3) is 2.48. The highest BCUT2D eigenvalue weighted by Crippen LogP contribution is 2.28. The molecule has 0 amide bonds. The van der Waals surface area contributed by atoms with Crippen LogP contribution in [-0.2, 0) is 0 Å². The van der Waals surface area contributed by atoms with E-state index in [2.05, 4.69) is 29.1 Å². The lowest BCUT2D eigenvalue weighted by Gasteiger charge is -2.28. The van der Waals surface area contributed by atoms with E-state index in [1.807, 2.05) is 0 Å². The van der Waals surface area contributed by atoms with Gasteiger partial charge in [0.25, 0.3) is 0 Å². The molecule has 0 aliphatic carbocycles. The molecule has 0 aromatic rings. The van der Waals surface area contributed by atoms with Gasteiger partial charge in [0.1, 0.15) is 0 Å². The van der Waals surface area contributed by atoms with E-state index in [9.17, 15) is 0 Å². The van der Waals surface area contributed by atoms with E-state index >= 15 is 0 Å². The molecule has 0 aromatic heterocycles. The molecule has 16 heavy (non-hydrogen) atoms. The molecule has 0 aromatic carbocycles. The quantitative estimate of drug-likeness (QED) is 0.737. The molecule has 2 atom stereocenters. The second-order valence-electron chi connectivity index (χ2n) is 5.02. The van der Waals surface area contributed by atoms with Gasteiger partial charge in [0.05, 0.1) is 0 Å². The van der Waals surface area contributed by atoms with Crippen molar-refractivity contribution >= 4 is 17.3 Å². The summed E-state index contributed by atoms with van der Waals surface area (Å²) in [4.78, 5) is 4.92. The van der Waals surface area contributed by atoms with Crippen LogP contribution in [0.4, 0.5) is 0 Å². The lowest BCUT2D eigenvalue weighted by Crippen LogP contribution is -2.44. The standard InChI is InChI=1S/C12H23N3S/c1-3-7-13-12(16)15-8-6-10-4-5-11(9-15)14(10)2/h10-11H,3-9H2,1-2H3,(H,13,16). The SMILES string of the molecule is CCCNC(=S)N1CCC2CCC(C1)N2C. The highest BCUT2D eigenvalue weighted by Gasteiger charge is 2.35. The fourth-order valence-corrected chi connectivity index (χ4v) is 3.10. The van der Waals surface area contributed by atoms with Gasteiger partial charge in [-0.3, -0.25) is 4.90 Å². The van der Waals surface area contributed by atoms with Crippen molar-refractivity contribution in [1.82, 2.24) is 15.1 Å². The number of nitrogens with one attached hydrogen (secondary N) is 1. The molecule has 1 N–H and O–H groups in total. The van der Waals surface area contributed by atoms with Gasteiger partial charge in [0.15, 0.2) is 5.11 Å². The second-order valence-corrected chi connectivity index (χ2v) is 5.40. The number of thiocarbonyl (C=S) groups is 1. The first kappa shape index (κ1) is 12.1. The van der Waals surface area contributed by atoms with Crippen LogP contribution in [0, 0.1) is 0 Å². The summed E-state index contributed by atoms with van der Waals surface area (Å²) in [5, 5.41) is 4.30. The van der Waals surface area contributed by atoms with Crippen LogP contribution in [-0.4, -0.2) is 53.7 Å². The summed E-state index contributed by atoms with van der Waals surface area (Å²) in [6.07, 6.45) is 5.12. The van der Waals surface area contributed by atoms with Crippen molar-refractivity contribution in [3.05, 3.63) is 0 Å². The van der Waals surface area contributed by atoms with Gasteiger partial charge in [-0.15, -0.1) is 0 Å². The summed E-state index contributed by atoms with van der Waals surface area (Å²) in [6, 6.07) is 1.51. The zero-order valence-corrected chi connectivity index (χ0v) is 11.2. The van der Waals surface area contributed by atoms with Gasteiger partial charge in [0, 0.05) is 31.7 Å². The van der Waals surface area contributed by atoms with Crippen LogP contribution in [0.2, 0.25) is 0 Å². The van der Waals surface area contributed by atoms with E-state index in [1.54, 1.807) is 0 Å². The van der Waals surface area contributed by atoms with Crippen LogP contribution in [0.1, 0.15) is 32.6 Å². The molecule has 0 spiro atoms. The number of fused-ring (bicyclic) bond motifs is 2. The molecule has 2 saturated heterocycles. The number of likely N-dealkylation sites (tertiary alicyclic amines) is 1. The number of nitrogens with zero attached hydrogens (tertiary/aromatic N) is 2. The lowest BCUT2D eigenvalue weighted by molar-refractivity contribution is 0.245. The van der Waals surface area contributed by atoms with Crippen LogP contribution >= 0.6 is 12.2 Å². The normalized spacial score (nSPS) is 30.2. The molecular weight excluding hydrogens is 218 g/mol. The highest BCUT2D eigenvalue weighted by atomic mass is 32.1. The van der Waals surface area contributed by atoms with Gasteiger partial charge in [-0.1, -0.05) is 6.92 Å². The lowest BCUT2D eigenvalue weighted by atomic mass is 10.1. The Morgan fingerprint density at radius 2 is 2.06 bits per heavy atom. The van der Waals surface area contributed by atoms with Gasteiger partial charge in [-0.05, 0) is 44.9 Å². The minimum atomic E-state index is 0.717. The van der Waals surface area contributed by atoms with Crippen molar-refractivity contribution in [3.63, 3.8) is 0 Å². The molecule has 2 rings (SSSR count). The summed E-state index contributed by atoms with van der Waals surface area (Å²) in [6.45, 7) is 5.41. The minimum Gasteiger partial charge on any atom is -0.363 e. The number of hydrogen-bond acceptors (Lipinski definition) is 2. The van der Waals surface area contributed by atoms with Crippen molar-refractivity contribution in [1.29, 1.82) is 0 Å². The van der Waals surface area contributed by atoms with Crippen molar-refractivity contribution in [2.45, 2.75) is 44.7 Å². The molecule has 3 nitrogen and oxygen atoms in total. The monoisotopic (exact) mass is 241 g/mol. The van der Waals surface area contributed by atoms with Gasteiger partial charge in [0.2, 0.25) is 0 Å². The Labute approximate surface area is 104 Å². The van der Waals surface area contributed by atoms with Crippen molar-refractivity contribution in [3.8, 4) is 0 Å². The first-order valence-electron chi connectivity index (χ1n) is 6.47. The van der Waals surface area contributed by atoms with Gasteiger partial charge < -0.3 is 10.2 Å². The fraction of sp³-hybridized carbons (Fsp3) is 0.917. The molecule has 4 heteroatoms. The average Bonchev–Trinajstić information content (AvgIpc) is 2.50. The molecule has 2 aliphatic rings. The van der Waals surface area contributed by atoms with Crippen LogP contribution in [0.5, 0.6) is 0 Å². The Bertz CT molecular complexity index is 257. The van der Waals surface area contributed by atoms with Gasteiger partial charge in [-0.2, -0.15) is 0 Å². The van der Waals surface area contributed by atoms with Crippen molar-refractivity contribution in [2.75, 3.05) is 26.7 Å². The largest absolute Gasteiger partial charge is 0.363 e. The Kier molecular flexibility index (Phi) is 4.03. The maximum absolute atomic E-state index is 5.45. The van der Waals surface area contributed by atoms with Gasteiger partial charge in [-0.25, -0.2) is 0 Å². The second kappa shape index (κ2) is 5.32. The van der Waals surface area contributed by atoms with Crippen molar-refractivity contribution in [2.24, 2.45) is 0 Å². The smallest absolute Gasteiger partial charge is 0.168 e. The van der Waals surface area contributed by atoms with Crippen molar-refractivity contribution < 1.29 is 0 Å². The Morgan fingerprint density at radius 1 is 1.31 bits per heavy atom. The summed E-state index contributed by atoms with van der Waals surface area (Å²) in [5.41, 5.74) is 0. The van der Waals surface area contributed by atoms with Gasteiger partial charge >= 0.3 is 0 Å². The Balaban J connectivity index is 1.90. The first-order chi connectivity index (χ1) is 7.72. The van der Waals surface area contributed by atoms with Crippen LogP contribution in [0.3, 0.4) is 0 Å². The van der Waals surface area contributed by atoms with Crippen LogP contribution in [0.15, 0.2) is 0 Å². The van der Waals surface area contributed by atoms with E-state index in [1.165, 1.54) is 19.3 Å². The van der Waals surface area contributed by atoms with E-state index < -0.39 is 0 Å². The molecule has 0 radical (unpaired) electrons. The van der Waals surface area contributed by atoms with E-state index in [-0.39, 0.29) is 0 Å². The first-order valence-corrected chi connectivity index (χ1v) is 6.88. The van der Waals surface area contributed by atoms with Crippen LogP contribution in [0.25, 0.3) is 0 Å². The van der Waals surface area contributed by atoms with E-state index in [4.69, 9.17) is 12.2 Å². The summed E-state index contributed by atoms with van der Waals surface area (Å²) in [5.74, 6) is 0. The van der Waals surface area contributed by atoms with Crippen LogP contribution < -0.4 is 5.32 Å². The molecule has 2 aliphatic heterocycles. The summed E-state index contributed by atoms with van der Waals surface area (Å²) >= 11 is 5.45. The maximum atomic E-state index is 5.45. The van der Waals surface area contributed by atoms with E-state index in [0.717, 1.165) is 37.2 Å². The number of hydrogen-bond donors (Lipinski definition) is 1. The average molecular weight is 241 g/mol. The predicted octanol–water partition coefficient (Wildman–Crippen LogP) is 1.44. The molecule has 2 unspecified atom stereocenters. The Hall–Kier alpha value is -0.350. The zero-order chi connectivity index (χ0) is 11.5. The highest BCUT2D eigenvalue weighted by molar-refractivity contribution is 7.80.